The summed E-state index contributed by atoms with van der Waals surface area (Å²) in [5.41, 5.74) is 2.29. The number of anilines is 1. The van der Waals surface area contributed by atoms with Gasteiger partial charge in [-0.15, -0.1) is 10.2 Å². The van der Waals surface area contributed by atoms with Crippen molar-refractivity contribution in [3.8, 4) is 11.4 Å². The van der Waals surface area contributed by atoms with Crippen LogP contribution in [0.2, 0.25) is 0 Å². The molecule has 1 atom stereocenters. The van der Waals surface area contributed by atoms with Crippen molar-refractivity contribution in [1.82, 2.24) is 14.8 Å². The van der Waals surface area contributed by atoms with E-state index in [1.165, 1.54) is 12.8 Å². The van der Waals surface area contributed by atoms with Crippen molar-refractivity contribution in [1.29, 1.82) is 0 Å². The average Bonchev–Trinajstić information content (AvgIpc) is 3.19. The Bertz CT molecular complexity index is 557. The summed E-state index contributed by atoms with van der Waals surface area (Å²) in [7, 11) is 1.98. The molecule has 19 heavy (non-hydrogen) atoms. The molecular formula is C15H20N4. The number of rotatable bonds is 5. The maximum absolute atomic E-state index is 4.21. The number of aromatic nitrogens is 3. The molecule has 0 saturated heterocycles. The monoisotopic (exact) mass is 256 g/mol. The Morgan fingerprint density at radius 2 is 2.16 bits per heavy atom. The fourth-order valence-electron chi connectivity index (χ4n) is 2.58. The Morgan fingerprint density at radius 1 is 1.37 bits per heavy atom. The second-order valence-corrected chi connectivity index (χ2v) is 5.31. The van der Waals surface area contributed by atoms with Crippen LogP contribution in [0.5, 0.6) is 0 Å². The zero-order chi connectivity index (χ0) is 13.2. The van der Waals surface area contributed by atoms with E-state index >= 15 is 0 Å². The smallest absolute Gasteiger partial charge is 0.165 e. The molecule has 1 N–H and O–H groups in total. The third kappa shape index (κ3) is 2.48. The van der Waals surface area contributed by atoms with E-state index in [4.69, 9.17) is 0 Å². The van der Waals surface area contributed by atoms with Gasteiger partial charge in [0.1, 0.15) is 6.33 Å². The second kappa shape index (κ2) is 5.03. The summed E-state index contributed by atoms with van der Waals surface area (Å²) in [4.78, 5) is 0. The fourth-order valence-corrected chi connectivity index (χ4v) is 2.58. The molecule has 1 fully saturated rings. The number of benzene rings is 1. The van der Waals surface area contributed by atoms with Crippen LogP contribution in [-0.4, -0.2) is 20.8 Å². The van der Waals surface area contributed by atoms with Crippen LogP contribution in [-0.2, 0) is 7.05 Å². The van der Waals surface area contributed by atoms with Gasteiger partial charge in [0.25, 0.3) is 0 Å². The normalized spacial score (nSPS) is 16.3. The lowest BCUT2D eigenvalue weighted by Gasteiger charge is -2.19. The minimum atomic E-state index is 0.578. The molecule has 3 rings (SSSR count). The molecular weight excluding hydrogens is 236 g/mol. The zero-order valence-electron chi connectivity index (χ0n) is 11.5. The van der Waals surface area contributed by atoms with Gasteiger partial charge in [0.05, 0.1) is 0 Å². The molecule has 0 amide bonds. The van der Waals surface area contributed by atoms with Gasteiger partial charge >= 0.3 is 0 Å². The van der Waals surface area contributed by atoms with E-state index in [9.17, 15) is 0 Å². The van der Waals surface area contributed by atoms with Crippen LogP contribution in [0, 0.1) is 5.92 Å². The highest BCUT2D eigenvalue weighted by molar-refractivity contribution is 5.73. The molecule has 100 valence electrons. The highest BCUT2D eigenvalue weighted by Gasteiger charge is 2.30. The van der Waals surface area contributed by atoms with E-state index in [-0.39, 0.29) is 0 Å². The maximum atomic E-state index is 4.21. The SMILES string of the molecule is CCC(Nc1ccccc1-c1nncn1C)C1CC1. The van der Waals surface area contributed by atoms with Crippen molar-refractivity contribution in [3.63, 3.8) is 0 Å². The zero-order valence-corrected chi connectivity index (χ0v) is 11.5. The van der Waals surface area contributed by atoms with Crippen LogP contribution in [0.1, 0.15) is 26.2 Å². The minimum absolute atomic E-state index is 0.578. The fraction of sp³-hybridized carbons (Fsp3) is 0.467. The first kappa shape index (κ1) is 12.2. The quantitative estimate of drug-likeness (QED) is 0.894. The molecule has 4 heteroatoms. The highest BCUT2D eigenvalue weighted by Crippen LogP contribution is 2.37. The Balaban J connectivity index is 1.91. The molecule has 1 heterocycles. The third-order valence-electron chi connectivity index (χ3n) is 3.85. The number of hydrogen-bond donors (Lipinski definition) is 1. The van der Waals surface area contributed by atoms with Crippen LogP contribution in [0.15, 0.2) is 30.6 Å². The van der Waals surface area contributed by atoms with Gasteiger partial charge in [-0.05, 0) is 37.3 Å². The Kier molecular flexibility index (Phi) is 3.23. The summed E-state index contributed by atoms with van der Waals surface area (Å²) in [6, 6.07) is 8.94. The molecule has 2 aromatic rings. The first-order chi connectivity index (χ1) is 9.29. The van der Waals surface area contributed by atoms with Crippen LogP contribution < -0.4 is 5.32 Å². The summed E-state index contributed by atoms with van der Waals surface area (Å²) in [5.74, 6) is 1.76. The molecule has 1 aliphatic rings. The van der Waals surface area contributed by atoms with Crippen molar-refractivity contribution in [2.24, 2.45) is 13.0 Å². The summed E-state index contributed by atoms with van der Waals surface area (Å²) >= 11 is 0. The minimum Gasteiger partial charge on any atom is -0.381 e. The van der Waals surface area contributed by atoms with Gasteiger partial charge in [0.15, 0.2) is 5.82 Å². The molecule has 0 aliphatic heterocycles. The van der Waals surface area contributed by atoms with Gasteiger partial charge in [0.2, 0.25) is 0 Å². The van der Waals surface area contributed by atoms with Crippen LogP contribution in [0.4, 0.5) is 5.69 Å². The largest absolute Gasteiger partial charge is 0.381 e. The van der Waals surface area contributed by atoms with E-state index in [0.29, 0.717) is 6.04 Å². The van der Waals surface area contributed by atoms with Crippen LogP contribution >= 0.6 is 0 Å². The van der Waals surface area contributed by atoms with E-state index in [2.05, 4.69) is 40.6 Å². The first-order valence-corrected chi connectivity index (χ1v) is 6.99. The average molecular weight is 256 g/mol. The number of hydrogen-bond acceptors (Lipinski definition) is 3. The maximum Gasteiger partial charge on any atom is 0.165 e. The van der Waals surface area contributed by atoms with Crippen LogP contribution in [0.25, 0.3) is 11.4 Å². The van der Waals surface area contributed by atoms with Gasteiger partial charge in [-0.2, -0.15) is 0 Å². The van der Waals surface area contributed by atoms with Crippen molar-refractivity contribution in [2.45, 2.75) is 32.2 Å². The van der Waals surface area contributed by atoms with Gasteiger partial charge < -0.3 is 9.88 Å². The molecule has 1 aromatic carbocycles. The molecule has 1 aliphatic carbocycles. The molecule has 1 unspecified atom stereocenters. The van der Waals surface area contributed by atoms with E-state index in [0.717, 1.165) is 29.4 Å². The van der Waals surface area contributed by atoms with E-state index in [1.54, 1.807) is 6.33 Å². The number of para-hydroxylation sites is 1. The summed E-state index contributed by atoms with van der Waals surface area (Å²) in [6.45, 7) is 2.25. The summed E-state index contributed by atoms with van der Waals surface area (Å²) in [5, 5.41) is 11.9. The first-order valence-electron chi connectivity index (χ1n) is 6.99. The summed E-state index contributed by atoms with van der Waals surface area (Å²) < 4.78 is 1.96. The number of nitrogens with zero attached hydrogens (tertiary/aromatic N) is 3. The van der Waals surface area contributed by atoms with Gasteiger partial charge in [0, 0.05) is 24.3 Å². The topological polar surface area (TPSA) is 42.7 Å². The second-order valence-electron chi connectivity index (χ2n) is 5.31. The Hall–Kier alpha value is -1.84. The lowest BCUT2D eigenvalue weighted by Crippen LogP contribution is -2.21. The van der Waals surface area contributed by atoms with Crippen molar-refractivity contribution in [3.05, 3.63) is 30.6 Å². The molecule has 1 saturated carbocycles. The molecule has 0 radical (unpaired) electrons. The van der Waals surface area contributed by atoms with E-state index in [1.807, 2.05) is 17.7 Å². The van der Waals surface area contributed by atoms with Crippen LogP contribution in [0.3, 0.4) is 0 Å². The Morgan fingerprint density at radius 3 is 2.79 bits per heavy atom. The third-order valence-corrected chi connectivity index (χ3v) is 3.85. The number of aryl methyl sites for hydroxylation is 1. The lowest BCUT2D eigenvalue weighted by atomic mass is 10.1. The molecule has 4 nitrogen and oxygen atoms in total. The van der Waals surface area contributed by atoms with E-state index < -0.39 is 0 Å². The molecule has 0 bridgehead atoms. The van der Waals surface area contributed by atoms with Gasteiger partial charge in [-0.1, -0.05) is 19.1 Å². The van der Waals surface area contributed by atoms with Gasteiger partial charge in [-0.3, -0.25) is 0 Å². The Labute approximate surface area is 113 Å². The lowest BCUT2D eigenvalue weighted by molar-refractivity contribution is 0.616. The molecule has 1 aromatic heterocycles. The highest BCUT2D eigenvalue weighted by atomic mass is 15.2. The van der Waals surface area contributed by atoms with Crippen molar-refractivity contribution < 1.29 is 0 Å². The predicted molar refractivity (Wildman–Crippen MR) is 76.9 cm³/mol. The van der Waals surface area contributed by atoms with Crippen molar-refractivity contribution >= 4 is 5.69 Å². The number of nitrogens with one attached hydrogen (secondary N) is 1. The molecule has 0 spiro atoms. The predicted octanol–water partition coefficient (Wildman–Crippen LogP) is 3.08. The standard InChI is InChI=1S/C15H20N4/c1-3-13(11-8-9-11)17-14-7-5-4-6-12(14)15-18-16-10-19(15)2/h4-7,10-11,13,17H,3,8-9H2,1-2H3. The van der Waals surface area contributed by atoms with Crippen molar-refractivity contribution in [2.75, 3.05) is 5.32 Å². The summed E-state index contributed by atoms with van der Waals surface area (Å²) in [6.07, 6.45) is 5.62. The van der Waals surface area contributed by atoms with Gasteiger partial charge in [-0.25, -0.2) is 0 Å².